The van der Waals surface area contributed by atoms with Gasteiger partial charge in [0.1, 0.15) is 0 Å². The number of aryl methyl sites for hydroxylation is 2. The van der Waals surface area contributed by atoms with Gasteiger partial charge in [0.2, 0.25) is 0 Å². The van der Waals surface area contributed by atoms with Crippen LogP contribution in [-0.2, 0) is 11.2 Å². The topological polar surface area (TPSA) is 21.3 Å². The second-order valence-corrected chi connectivity index (χ2v) is 6.82. The van der Waals surface area contributed by atoms with Gasteiger partial charge in [-0.2, -0.15) is 0 Å². The molecule has 0 aromatic heterocycles. The minimum absolute atomic E-state index is 0.298. The Morgan fingerprint density at radius 2 is 1.95 bits per heavy atom. The molecule has 3 rings (SSSR count). The Bertz CT molecular complexity index is 460. The zero-order valence-corrected chi connectivity index (χ0v) is 13.0. The van der Waals surface area contributed by atoms with Gasteiger partial charge in [-0.1, -0.05) is 18.2 Å². The lowest BCUT2D eigenvalue weighted by molar-refractivity contribution is 0.0313. The van der Waals surface area contributed by atoms with Crippen LogP contribution in [0.4, 0.5) is 0 Å². The Balaban J connectivity index is 1.90. The van der Waals surface area contributed by atoms with Crippen molar-refractivity contribution in [1.29, 1.82) is 0 Å². The third-order valence-corrected chi connectivity index (χ3v) is 5.25. The molecule has 1 aromatic carbocycles. The molecule has 1 aliphatic heterocycles. The third-order valence-electron chi connectivity index (χ3n) is 5.25. The highest BCUT2D eigenvalue weighted by Gasteiger charge is 2.50. The van der Waals surface area contributed by atoms with E-state index < -0.39 is 0 Å². The lowest BCUT2D eigenvalue weighted by atomic mass is 9.72. The van der Waals surface area contributed by atoms with Crippen molar-refractivity contribution in [2.24, 2.45) is 11.3 Å². The predicted molar refractivity (Wildman–Crippen MR) is 83.1 cm³/mol. The quantitative estimate of drug-likeness (QED) is 0.889. The van der Waals surface area contributed by atoms with Crippen molar-refractivity contribution in [3.05, 3.63) is 34.9 Å². The Morgan fingerprint density at radius 1 is 1.25 bits per heavy atom. The molecule has 0 bridgehead atoms. The van der Waals surface area contributed by atoms with Crippen molar-refractivity contribution in [1.82, 2.24) is 5.32 Å². The predicted octanol–water partition coefficient (Wildman–Crippen LogP) is 3.25. The van der Waals surface area contributed by atoms with Gasteiger partial charge in [-0.3, -0.25) is 0 Å². The van der Waals surface area contributed by atoms with Gasteiger partial charge in [-0.25, -0.2) is 0 Å². The summed E-state index contributed by atoms with van der Waals surface area (Å²) in [6, 6.07) is 6.66. The van der Waals surface area contributed by atoms with Crippen molar-refractivity contribution in [3.8, 4) is 0 Å². The number of nitrogens with one attached hydrogen (secondary N) is 1. The molecule has 0 amide bonds. The van der Waals surface area contributed by atoms with E-state index in [1.54, 1.807) is 5.56 Å². The molecule has 2 nitrogen and oxygen atoms in total. The average Bonchev–Trinajstić information content (AvgIpc) is 3.17. The minimum atomic E-state index is 0.298. The number of hydrogen-bond donors (Lipinski definition) is 1. The fourth-order valence-corrected chi connectivity index (χ4v) is 4.02. The molecule has 0 spiro atoms. The fraction of sp³-hybridized carbons (Fsp3) is 0.667. The highest BCUT2D eigenvalue weighted by Crippen LogP contribution is 2.49. The van der Waals surface area contributed by atoms with E-state index in [9.17, 15) is 0 Å². The molecule has 2 heteroatoms. The average molecular weight is 273 g/mol. The van der Waals surface area contributed by atoms with E-state index in [4.69, 9.17) is 4.74 Å². The van der Waals surface area contributed by atoms with Crippen molar-refractivity contribution in [3.63, 3.8) is 0 Å². The lowest BCUT2D eigenvalue weighted by Crippen LogP contribution is -2.43. The van der Waals surface area contributed by atoms with Gasteiger partial charge in [0.15, 0.2) is 0 Å². The molecule has 1 aliphatic carbocycles. The summed E-state index contributed by atoms with van der Waals surface area (Å²) in [6.07, 6.45) is 5.55. The normalized spacial score (nSPS) is 29.9. The zero-order valence-electron chi connectivity index (χ0n) is 13.0. The van der Waals surface area contributed by atoms with E-state index in [-0.39, 0.29) is 0 Å². The molecule has 2 atom stereocenters. The van der Waals surface area contributed by atoms with Crippen LogP contribution in [0.25, 0.3) is 0 Å². The minimum Gasteiger partial charge on any atom is -0.377 e. The summed E-state index contributed by atoms with van der Waals surface area (Å²) in [6.45, 7) is 6.50. The summed E-state index contributed by atoms with van der Waals surface area (Å²) >= 11 is 0. The summed E-state index contributed by atoms with van der Waals surface area (Å²) in [7, 11) is 2.08. The molecule has 110 valence electrons. The molecule has 1 aromatic rings. The monoisotopic (exact) mass is 273 g/mol. The van der Waals surface area contributed by atoms with Crippen LogP contribution in [-0.4, -0.2) is 26.3 Å². The third kappa shape index (κ3) is 2.51. The first-order valence-corrected chi connectivity index (χ1v) is 7.97. The summed E-state index contributed by atoms with van der Waals surface area (Å²) in [5.74, 6) is 0.815. The molecule has 20 heavy (non-hydrogen) atoms. The van der Waals surface area contributed by atoms with E-state index in [0.717, 1.165) is 25.5 Å². The second kappa shape index (κ2) is 5.50. The Hall–Kier alpha value is -0.860. The standard InChI is InChI=1S/C18H27NO/c1-13-5-4-6-14(2)16(13)11-18(12-19-3)9-10-20-17(18)15-7-8-15/h4-6,15,17,19H,7-12H2,1-3H3. The summed E-state index contributed by atoms with van der Waals surface area (Å²) in [5.41, 5.74) is 4.70. The molecular formula is C18H27NO. The van der Waals surface area contributed by atoms with Gasteiger partial charge in [0.05, 0.1) is 6.10 Å². The van der Waals surface area contributed by atoms with Crippen LogP contribution in [0.5, 0.6) is 0 Å². The largest absolute Gasteiger partial charge is 0.377 e. The van der Waals surface area contributed by atoms with Gasteiger partial charge >= 0.3 is 0 Å². The molecule has 1 saturated carbocycles. The van der Waals surface area contributed by atoms with E-state index in [1.807, 2.05) is 0 Å². The first kappa shape index (κ1) is 14.1. The summed E-state index contributed by atoms with van der Waals surface area (Å²) < 4.78 is 6.16. The van der Waals surface area contributed by atoms with Crippen LogP contribution >= 0.6 is 0 Å². The van der Waals surface area contributed by atoms with Gasteiger partial charge < -0.3 is 10.1 Å². The van der Waals surface area contributed by atoms with Crippen LogP contribution in [0, 0.1) is 25.2 Å². The molecule has 1 N–H and O–H groups in total. The number of rotatable bonds is 5. The van der Waals surface area contributed by atoms with Crippen LogP contribution < -0.4 is 5.32 Å². The van der Waals surface area contributed by atoms with E-state index >= 15 is 0 Å². The SMILES string of the molecule is CNCC1(Cc2c(C)cccc2C)CCOC1C1CC1. The molecule has 0 radical (unpaired) electrons. The molecule has 2 unspecified atom stereocenters. The lowest BCUT2D eigenvalue weighted by Gasteiger charge is -2.35. The number of hydrogen-bond acceptors (Lipinski definition) is 2. The molecule has 1 heterocycles. The van der Waals surface area contributed by atoms with Gasteiger partial charge in [0.25, 0.3) is 0 Å². The van der Waals surface area contributed by atoms with Crippen LogP contribution in [0.3, 0.4) is 0 Å². The van der Waals surface area contributed by atoms with Crippen LogP contribution in [0.15, 0.2) is 18.2 Å². The van der Waals surface area contributed by atoms with E-state index in [2.05, 4.69) is 44.4 Å². The Morgan fingerprint density at radius 3 is 2.55 bits per heavy atom. The van der Waals surface area contributed by atoms with E-state index in [1.165, 1.54) is 30.4 Å². The van der Waals surface area contributed by atoms with Crippen LogP contribution in [0.1, 0.15) is 36.0 Å². The number of benzene rings is 1. The van der Waals surface area contributed by atoms with Gasteiger partial charge in [0, 0.05) is 18.6 Å². The van der Waals surface area contributed by atoms with Crippen molar-refractivity contribution in [2.75, 3.05) is 20.2 Å². The fourth-order valence-electron chi connectivity index (χ4n) is 4.02. The highest BCUT2D eigenvalue weighted by molar-refractivity contribution is 5.35. The maximum Gasteiger partial charge on any atom is 0.0675 e. The summed E-state index contributed by atoms with van der Waals surface area (Å²) in [5, 5.41) is 3.44. The van der Waals surface area contributed by atoms with E-state index in [0.29, 0.717) is 11.5 Å². The maximum absolute atomic E-state index is 6.16. The maximum atomic E-state index is 6.16. The van der Waals surface area contributed by atoms with Crippen molar-refractivity contribution >= 4 is 0 Å². The van der Waals surface area contributed by atoms with Gasteiger partial charge in [-0.05, 0) is 69.2 Å². The second-order valence-electron chi connectivity index (χ2n) is 6.82. The first-order valence-electron chi connectivity index (χ1n) is 7.97. The molecule has 1 saturated heterocycles. The Labute approximate surface area is 122 Å². The zero-order chi connectivity index (χ0) is 14.2. The van der Waals surface area contributed by atoms with Crippen molar-refractivity contribution < 1.29 is 4.74 Å². The molecule has 2 aliphatic rings. The smallest absolute Gasteiger partial charge is 0.0675 e. The Kier molecular flexibility index (Phi) is 3.87. The van der Waals surface area contributed by atoms with Gasteiger partial charge in [-0.15, -0.1) is 0 Å². The highest BCUT2D eigenvalue weighted by atomic mass is 16.5. The first-order chi connectivity index (χ1) is 9.66. The van der Waals surface area contributed by atoms with Crippen molar-refractivity contribution in [2.45, 2.75) is 45.6 Å². The molecule has 2 fully saturated rings. The summed E-state index contributed by atoms with van der Waals surface area (Å²) in [4.78, 5) is 0. The van der Waals surface area contributed by atoms with Crippen LogP contribution in [0.2, 0.25) is 0 Å². The number of ether oxygens (including phenoxy) is 1. The molecular weight excluding hydrogens is 246 g/mol.